The lowest BCUT2D eigenvalue weighted by Crippen LogP contribution is -2.13. The van der Waals surface area contributed by atoms with E-state index in [9.17, 15) is 0 Å². The zero-order chi connectivity index (χ0) is 13.0. The summed E-state index contributed by atoms with van der Waals surface area (Å²) < 4.78 is 1.18. The molecule has 0 amide bonds. The van der Waals surface area contributed by atoms with E-state index < -0.39 is 0 Å². The van der Waals surface area contributed by atoms with Gasteiger partial charge in [-0.2, -0.15) is 0 Å². The van der Waals surface area contributed by atoms with Crippen molar-refractivity contribution in [2.45, 2.75) is 26.9 Å². The average Bonchev–Trinajstić information content (AvgIpc) is 2.34. The summed E-state index contributed by atoms with van der Waals surface area (Å²) in [6, 6.07) is 15.1. The van der Waals surface area contributed by atoms with Crippen molar-refractivity contribution in [3.63, 3.8) is 0 Å². The maximum atomic E-state index is 3.60. The lowest BCUT2D eigenvalue weighted by atomic mass is 10.1. The first-order chi connectivity index (χ1) is 8.65. The molecule has 0 atom stereocenters. The van der Waals surface area contributed by atoms with Gasteiger partial charge in [0.25, 0.3) is 0 Å². The molecule has 1 nitrogen and oxygen atoms in total. The fourth-order valence-corrected chi connectivity index (χ4v) is 2.48. The molecule has 0 spiro atoms. The van der Waals surface area contributed by atoms with Crippen LogP contribution in [0.2, 0.25) is 0 Å². The summed E-state index contributed by atoms with van der Waals surface area (Å²) >= 11 is 3.60. The second-order valence-electron chi connectivity index (χ2n) is 4.68. The molecule has 1 N–H and O–H groups in total. The first-order valence-electron chi connectivity index (χ1n) is 6.16. The Balaban J connectivity index is 1.90. The molecule has 0 aliphatic rings. The van der Waals surface area contributed by atoms with E-state index in [1.165, 1.54) is 26.7 Å². The van der Waals surface area contributed by atoms with Crippen molar-refractivity contribution in [2.24, 2.45) is 0 Å². The van der Waals surface area contributed by atoms with Crippen LogP contribution in [0.5, 0.6) is 0 Å². The van der Waals surface area contributed by atoms with E-state index in [1.54, 1.807) is 0 Å². The minimum absolute atomic E-state index is 0.884. The van der Waals surface area contributed by atoms with E-state index in [-0.39, 0.29) is 0 Å². The van der Waals surface area contributed by atoms with Gasteiger partial charge in [0.1, 0.15) is 0 Å². The normalized spacial score (nSPS) is 10.6. The van der Waals surface area contributed by atoms with Crippen LogP contribution in [-0.2, 0) is 13.1 Å². The fraction of sp³-hybridized carbons (Fsp3) is 0.250. The Morgan fingerprint density at radius 2 is 1.56 bits per heavy atom. The average molecular weight is 304 g/mol. The topological polar surface area (TPSA) is 12.0 Å². The molecular weight excluding hydrogens is 286 g/mol. The lowest BCUT2D eigenvalue weighted by molar-refractivity contribution is 0.691. The molecule has 0 heterocycles. The minimum Gasteiger partial charge on any atom is -0.309 e. The van der Waals surface area contributed by atoms with E-state index in [0.717, 1.165) is 13.1 Å². The highest BCUT2D eigenvalue weighted by molar-refractivity contribution is 9.10. The summed E-state index contributed by atoms with van der Waals surface area (Å²) in [4.78, 5) is 0. The molecule has 2 aromatic carbocycles. The zero-order valence-corrected chi connectivity index (χ0v) is 12.4. The molecule has 0 unspecified atom stereocenters. The molecule has 2 aromatic rings. The van der Waals surface area contributed by atoms with E-state index in [2.05, 4.69) is 77.6 Å². The van der Waals surface area contributed by atoms with Crippen LogP contribution in [0.4, 0.5) is 0 Å². The summed E-state index contributed by atoms with van der Waals surface area (Å²) in [5.74, 6) is 0. The number of benzene rings is 2. The van der Waals surface area contributed by atoms with Crippen molar-refractivity contribution in [3.8, 4) is 0 Å². The van der Waals surface area contributed by atoms with Gasteiger partial charge in [-0.3, -0.25) is 0 Å². The molecule has 0 aliphatic heterocycles. The summed E-state index contributed by atoms with van der Waals surface area (Å²) in [6.07, 6.45) is 0. The molecule has 18 heavy (non-hydrogen) atoms. The van der Waals surface area contributed by atoms with Gasteiger partial charge in [0.15, 0.2) is 0 Å². The second kappa shape index (κ2) is 6.17. The van der Waals surface area contributed by atoms with Gasteiger partial charge >= 0.3 is 0 Å². The molecule has 0 radical (unpaired) electrons. The quantitative estimate of drug-likeness (QED) is 0.885. The lowest BCUT2D eigenvalue weighted by Gasteiger charge is -2.08. The van der Waals surface area contributed by atoms with Gasteiger partial charge in [-0.25, -0.2) is 0 Å². The van der Waals surface area contributed by atoms with Crippen LogP contribution >= 0.6 is 15.9 Å². The predicted molar refractivity (Wildman–Crippen MR) is 80.6 cm³/mol. The first-order valence-corrected chi connectivity index (χ1v) is 6.96. The van der Waals surface area contributed by atoms with Crippen molar-refractivity contribution in [3.05, 3.63) is 69.2 Å². The Labute approximate surface area is 117 Å². The van der Waals surface area contributed by atoms with Crippen LogP contribution in [0.25, 0.3) is 0 Å². The molecule has 0 saturated carbocycles. The van der Waals surface area contributed by atoms with Crippen LogP contribution in [0.3, 0.4) is 0 Å². The van der Waals surface area contributed by atoms with Gasteiger partial charge in [-0.1, -0.05) is 57.9 Å². The van der Waals surface area contributed by atoms with Crippen molar-refractivity contribution in [1.29, 1.82) is 0 Å². The second-order valence-corrected chi connectivity index (χ2v) is 5.54. The maximum Gasteiger partial charge on any atom is 0.0222 e. The third-order valence-electron chi connectivity index (χ3n) is 2.97. The molecule has 2 rings (SSSR count). The standard InChI is InChI=1S/C16H18BrN/c1-12-3-6-14(7-4-12)10-18-11-15-8-5-13(2)9-16(15)17/h3-9,18H,10-11H2,1-2H3. The van der Waals surface area contributed by atoms with Crippen molar-refractivity contribution < 1.29 is 0 Å². The molecule has 0 aromatic heterocycles. The van der Waals surface area contributed by atoms with Crippen LogP contribution in [0.15, 0.2) is 46.9 Å². The Morgan fingerprint density at radius 1 is 0.889 bits per heavy atom. The number of rotatable bonds is 4. The Morgan fingerprint density at radius 3 is 2.22 bits per heavy atom. The Bertz CT molecular complexity index is 517. The number of nitrogens with one attached hydrogen (secondary N) is 1. The summed E-state index contributed by atoms with van der Waals surface area (Å²) in [5, 5.41) is 3.47. The summed E-state index contributed by atoms with van der Waals surface area (Å²) in [5.41, 5.74) is 5.21. The van der Waals surface area contributed by atoms with E-state index >= 15 is 0 Å². The van der Waals surface area contributed by atoms with Crippen molar-refractivity contribution >= 4 is 15.9 Å². The number of hydrogen-bond donors (Lipinski definition) is 1. The SMILES string of the molecule is Cc1ccc(CNCc2ccc(C)cc2Br)cc1. The Hall–Kier alpha value is -1.12. The number of hydrogen-bond acceptors (Lipinski definition) is 1. The van der Waals surface area contributed by atoms with Gasteiger partial charge in [0, 0.05) is 17.6 Å². The van der Waals surface area contributed by atoms with Gasteiger partial charge in [0.2, 0.25) is 0 Å². The van der Waals surface area contributed by atoms with Gasteiger partial charge in [-0.15, -0.1) is 0 Å². The molecule has 0 bridgehead atoms. The minimum atomic E-state index is 0.884. The van der Waals surface area contributed by atoms with Crippen molar-refractivity contribution in [2.75, 3.05) is 0 Å². The molecule has 0 aliphatic carbocycles. The molecular formula is C16H18BrN. The van der Waals surface area contributed by atoms with Gasteiger partial charge in [0.05, 0.1) is 0 Å². The molecule has 2 heteroatoms. The molecule has 0 saturated heterocycles. The van der Waals surface area contributed by atoms with Gasteiger partial charge < -0.3 is 5.32 Å². The monoisotopic (exact) mass is 303 g/mol. The fourth-order valence-electron chi connectivity index (χ4n) is 1.84. The van der Waals surface area contributed by atoms with Crippen molar-refractivity contribution in [1.82, 2.24) is 5.32 Å². The predicted octanol–water partition coefficient (Wildman–Crippen LogP) is 4.36. The first kappa shape index (κ1) is 13.3. The largest absolute Gasteiger partial charge is 0.309 e. The van der Waals surface area contributed by atoms with Crippen LogP contribution in [-0.4, -0.2) is 0 Å². The highest BCUT2D eigenvalue weighted by Crippen LogP contribution is 2.18. The third kappa shape index (κ3) is 3.69. The third-order valence-corrected chi connectivity index (χ3v) is 3.71. The highest BCUT2D eigenvalue weighted by Gasteiger charge is 1.99. The van der Waals surface area contributed by atoms with Crippen LogP contribution in [0, 0.1) is 13.8 Å². The summed E-state index contributed by atoms with van der Waals surface area (Å²) in [6.45, 7) is 6.00. The Kier molecular flexibility index (Phi) is 4.56. The number of aryl methyl sites for hydroxylation is 2. The zero-order valence-electron chi connectivity index (χ0n) is 10.8. The van der Waals surface area contributed by atoms with Crippen LogP contribution in [0.1, 0.15) is 22.3 Å². The van der Waals surface area contributed by atoms with E-state index in [1.807, 2.05) is 0 Å². The smallest absolute Gasteiger partial charge is 0.0222 e. The number of halogens is 1. The molecule has 94 valence electrons. The van der Waals surface area contributed by atoms with E-state index in [0.29, 0.717) is 0 Å². The van der Waals surface area contributed by atoms with E-state index in [4.69, 9.17) is 0 Å². The highest BCUT2D eigenvalue weighted by atomic mass is 79.9. The van der Waals surface area contributed by atoms with Gasteiger partial charge in [-0.05, 0) is 36.6 Å². The molecule has 0 fully saturated rings. The maximum absolute atomic E-state index is 3.60. The van der Waals surface area contributed by atoms with Crippen LogP contribution < -0.4 is 5.32 Å². The summed E-state index contributed by atoms with van der Waals surface area (Å²) in [7, 11) is 0.